The van der Waals surface area contributed by atoms with E-state index in [-0.39, 0.29) is 0 Å². The van der Waals surface area contributed by atoms with Crippen molar-refractivity contribution in [3.63, 3.8) is 0 Å². The van der Waals surface area contributed by atoms with Crippen LogP contribution in [-0.2, 0) is 0 Å². The maximum Gasteiger partial charge on any atom is 0.105 e. The quantitative estimate of drug-likeness (QED) is 0.874. The van der Waals surface area contributed by atoms with Crippen LogP contribution in [0.25, 0.3) is 0 Å². The fourth-order valence-corrected chi connectivity index (χ4v) is 2.84. The average Bonchev–Trinajstić information content (AvgIpc) is 2.68. The second kappa shape index (κ2) is 5.23. The summed E-state index contributed by atoms with van der Waals surface area (Å²) in [6.45, 7) is 8.74. The van der Waals surface area contributed by atoms with E-state index >= 15 is 0 Å². The van der Waals surface area contributed by atoms with Gasteiger partial charge in [-0.25, -0.2) is 0 Å². The van der Waals surface area contributed by atoms with E-state index in [1.54, 1.807) is 0 Å². The summed E-state index contributed by atoms with van der Waals surface area (Å²) in [5.74, 6) is 2.10. The van der Waals surface area contributed by atoms with Crippen LogP contribution in [0.1, 0.15) is 42.9 Å². The lowest BCUT2D eigenvalue weighted by atomic mass is 10.0. The largest absolute Gasteiger partial charge is 0.466 e. The van der Waals surface area contributed by atoms with Gasteiger partial charge >= 0.3 is 0 Å². The van der Waals surface area contributed by atoms with Gasteiger partial charge in [0.1, 0.15) is 11.5 Å². The lowest BCUT2D eigenvalue weighted by Crippen LogP contribution is -2.42. The molecule has 1 aromatic rings. The minimum atomic E-state index is 0.477. The van der Waals surface area contributed by atoms with Gasteiger partial charge in [-0.15, -0.1) is 0 Å². The summed E-state index contributed by atoms with van der Waals surface area (Å²) in [4.78, 5) is 2.56. The van der Waals surface area contributed by atoms with Gasteiger partial charge in [0.25, 0.3) is 0 Å². The van der Waals surface area contributed by atoms with E-state index in [1.165, 1.54) is 31.5 Å². The van der Waals surface area contributed by atoms with Gasteiger partial charge in [-0.3, -0.25) is 4.90 Å². The van der Waals surface area contributed by atoms with E-state index < -0.39 is 0 Å². The van der Waals surface area contributed by atoms with E-state index in [2.05, 4.69) is 37.2 Å². The Hall–Kier alpha value is -0.800. The summed E-state index contributed by atoms with van der Waals surface area (Å²) in [6.07, 6.45) is 2.49. The second-order valence-corrected chi connectivity index (χ2v) is 5.14. The van der Waals surface area contributed by atoms with Crippen LogP contribution in [0.3, 0.4) is 0 Å². The normalized spacial score (nSPS) is 20.7. The zero-order valence-electron chi connectivity index (χ0n) is 11.4. The number of aryl methyl sites for hydroxylation is 2. The number of nitrogens with one attached hydrogen (secondary N) is 1. The molecule has 0 aliphatic carbocycles. The Morgan fingerprint density at radius 2 is 2.00 bits per heavy atom. The molecule has 1 N–H and O–H groups in total. The van der Waals surface area contributed by atoms with E-state index in [9.17, 15) is 0 Å². The third-order valence-corrected chi connectivity index (χ3v) is 4.01. The molecular weight excluding hydrogens is 212 g/mol. The third kappa shape index (κ3) is 2.72. The molecule has 0 aromatic carbocycles. The molecule has 0 amide bonds. The fraction of sp³-hybridized carbons (Fsp3) is 0.714. The number of rotatable bonds is 3. The average molecular weight is 236 g/mol. The Kier molecular flexibility index (Phi) is 3.89. The second-order valence-electron chi connectivity index (χ2n) is 5.14. The van der Waals surface area contributed by atoms with E-state index in [1.807, 2.05) is 6.92 Å². The summed E-state index contributed by atoms with van der Waals surface area (Å²) in [7, 11) is 2.06. The molecule has 2 heterocycles. The highest BCUT2D eigenvalue weighted by Gasteiger charge is 2.24. The number of piperidine rings is 1. The molecule has 0 bridgehead atoms. The van der Waals surface area contributed by atoms with Gasteiger partial charge in [0.05, 0.1) is 0 Å². The minimum absolute atomic E-state index is 0.477. The van der Waals surface area contributed by atoms with Gasteiger partial charge in [-0.05, 0) is 46.7 Å². The number of nitrogens with zero attached hydrogens (tertiary/aromatic N) is 1. The van der Waals surface area contributed by atoms with Crippen LogP contribution in [0, 0.1) is 13.8 Å². The van der Waals surface area contributed by atoms with Gasteiger partial charge in [0.2, 0.25) is 0 Å². The standard InChI is InChI=1S/C14H24N2O/c1-10-9-14(12(3)17-10)11(2)16-7-5-13(15-4)6-8-16/h9,11,13,15H,5-8H2,1-4H3. The molecule has 0 spiro atoms. The SMILES string of the molecule is CNC1CCN(C(C)c2cc(C)oc2C)CC1. The van der Waals surface area contributed by atoms with Gasteiger partial charge in [0.15, 0.2) is 0 Å². The number of hydrogen-bond acceptors (Lipinski definition) is 3. The first-order valence-electron chi connectivity index (χ1n) is 6.60. The maximum atomic E-state index is 5.63. The maximum absolute atomic E-state index is 5.63. The highest BCUT2D eigenvalue weighted by atomic mass is 16.3. The Labute approximate surface area is 104 Å². The molecule has 3 nitrogen and oxygen atoms in total. The van der Waals surface area contributed by atoms with Crippen LogP contribution in [0.4, 0.5) is 0 Å². The Morgan fingerprint density at radius 1 is 1.35 bits per heavy atom. The molecule has 1 fully saturated rings. The van der Waals surface area contributed by atoms with Crippen LogP contribution in [0.5, 0.6) is 0 Å². The molecule has 17 heavy (non-hydrogen) atoms. The molecule has 1 aliphatic heterocycles. The lowest BCUT2D eigenvalue weighted by molar-refractivity contribution is 0.154. The predicted octanol–water partition coefficient (Wildman–Crippen LogP) is 2.64. The van der Waals surface area contributed by atoms with Crippen molar-refractivity contribution in [2.45, 2.75) is 45.7 Å². The molecule has 1 atom stereocenters. The zero-order chi connectivity index (χ0) is 12.4. The minimum Gasteiger partial charge on any atom is -0.466 e. The van der Waals surface area contributed by atoms with E-state index in [0.29, 0.717) is 12.1 Å². The van der Waals surface area contributed by atoms with Gasteiger partial charge in [-0.2, -0.15) is 0 Å². The molecule has 0 saturated carbocycles. The highest BCUT2D eigenvalue weighted by Crippen LogP contribution is 2.28. The van der Waals surface area contributed by atoms with Crippen LogP contribution in [0.2, 0.25) is 0 Å². The molecule has 3 heteroatoms. The van der Waals surface area contributed by atoms with Crippen molar-refractivity contribution < 1.29 is 4.42 Å². The number of hydrogen-bond donors (Lipinski definition) is 1. The van der Waals surface area contributed by atoms with Crippen molar-refractivity contribution in [2.24, 2.45) is 0 Å². The fourth-order valence-electron chi connectivity index (χ4n) is 2.84. The van der Waals surface area contributed by atoms with Crippen LogP contribution in [0.15, 0.2) is 10.5 Å². The van der Waals surface area contributed by atoms with Gasteiger partial charge in [0, 0.05) is 30.7 Å². The third-order valence-electron chi connectivity index (χ3n) is 4.01. The van der Waals surface area contributed by atoms with E-state index in [0.717, 1.165) is 11.5 Å². The van der Waals surface area contributed by atoms with Crippen molar-refractivity contribution in [3.8, 4) is 0 Å². The highest BCUT2D eigenvalue weighted by molar-refractivity contribution is 5.23. The molecule has 1 saturated heterocycles. The Balaban J connectivity index is 2.01. The first-order valence-corrected chi connectivity index (χ1v) is 6.60. The van der Waals surface area contributed by atoms with E-state index in [4.69, 9.17) is 4.42 Å². The van der Waals surface area contributed by atoms with Crippen LogP contribution in [-0.4, -0.2) is 31.1 Å². The van der Waals surface area contributed by atoms with Crippen molar-refractivity contribution in [2.75, 3.05) is 20.1 Å². The molecule has 1 aromatic heterocycles. The first kappa shape index (κ1) is 12.7. The summed E-state index contributed by atoms with van der Waals surface area (Å²) < 4.78 is 5.63. The van der Waals surface area contributed by atoms with Crippen molar-refractivity contribution in [1.29, 1.82) is 0 Å². The van der Waals surface area contributed by atoms with Crippen molar-refractivity contribution in [1.82, 2.24) is 10.2 Å². The smallest absolute Gasteiger partial charge is 0.105 e. The topological polar surface area (TPSA) is 28.4 Å². The predicted molar refractivity (Wildman–Crippen MR) is 70.3 cm³/mol. The monoisotopic (exact) mass is 236 g/mol. The zero-order valence-corrected chi connectivity index (χ0v) is 11.4. The summed E-state index contributed by atoms with van der Waals surface area (Å²) in [6, 6.07) is 3.36. The molecule has 1 aliphatic rings. The molecule has 96 valence electrons. The van der Waals surface area contributed by atoms with Crippen LogP contribution >= 0.6 is 0 Å². The molecule has 0 radical (unpaired) electrons. The first-order chi connectivity index (χ1) is 8.11. The van der Waals surface area contributed by atoms with Gasteiger partial charge < -0.3 is 9.73 Å². The lowest BCUT2D eigenvalue weighted by Gasteiger charge is -2.35. The molecular formula is C14H24N2O. The molecule has 1 unspecified atom stereocenters. The van der Waals surface area contributed by atoms with Crippen LogP contribution < -0.4 is 5.32 Å². The number of likely N-dealkylation sites (tertiary alicyclic amines) is 1. The summed E-state index contributed by atoms with van der Waals surface area (Å²) >= 11 is 0. The van der Waals surface area contributed by atoms with Crippen molar-refractivity contribution in [3.05, 3.63) is 23.2 Å². The Bertz CT molecular complexity index is 364. The van der Waals surface area contributed by atoms with Crippen molar-refractivity contribution >= 4 is 0 Å². The summed E-state index contributed by atoms with van der Waals surface area (Å²) in [5.41, 5.74) is 1.35. The summed E-state index contributed by atoms with van der Waals surface area (Å²) in [5, 5.41) is 3.37. The Morgan fingerprint density at radius 3 is 2.47 bits per heavy atom. The van der Waals surface area contributed by atoms with Gasteiger partial charge in [-0.1, -0.05) is 0 Å². The molecule has 2 rings (SSSR count). The number of furan rings is 1.